The van der Waals surface area contributed by atoms with Crippen molar-refractivity contribution in [3.05, 3.63) is 77.5 Å². The van der Waals surface area contributed by atoms with Gasteiger partial charge in [0, 0.05) is 39.0 Å². The number of rotatable bonds is 6. The van der Waals surface area contributed by atoms with Crippen LogP contribution >= 0.6 is 0 Å². The van der Waals surface area contributed by atoms with Gasteiger partial charge in [0.05, 0.1) is 16.8 Å². The van der Waals surface area contributed by atoms with Gasteiger partial charge in [-0.3, -0.25) is 4.79 Å². The number of fused-ring (bicyclic) bond motifs is 1. The number of anilines is 1. The molecule has 0 aliphatic carbocycles. The van der Waals surface area contributed by atoms with Crippen molar-refractivity contribution in [1.29, 1.82) is 0 Å². The van der Waals surface area contributed by atoms with Crippen molar-refractivity contribution < 1.29 is 9.18 Å². The third-order valence-corrected chi connectivity index (χ3v) is 6.40. The highest BCUT2D eigenvalue weighted by atomic mass is 19.1. The second-order valence-electron chi connectivity index (χ2n) is 8.92. The third kappa shape index (κ3) is 4.73. The van der Waals surface area contributed by atoms with Crippen molar-refractivity contribution in [2.75, 3.05) is 31.1 Å². The smallest absolute Gasteiger partial charge is 0.222 e. The Bertz CT molecular complexity index is 1330. The molecule has 0 unspecified atom stereocenters. The molecule has 0 N–H and O–H groups in total. The van der Waals surface area contributed by atoms with E-state index in [1.807, 2.05) is 36.9 Å². The number of nitrogens with zero attached hydrogens (tertiary/aromatic N) is 6. The molecule has 35 heavy (non-hydrogen) atoms. The molecule has 1 aliphatic rings. The molecule has 180 valence electrons. The van der Waals surface area contributed by atoms with Crippen molar-refractivity contribution in [2.45, 2.75) is 33.1 Å². The first-order chi connectivity index (χ1) is 17.0. The van der Waals surface area contributed by atoms with E-state index in [1.165, 1.54) is 12.1 Å². The molecule has 0 radical (unpaired) electrons. The lowest BCUT2D eigenvalue weighted by Crippen LogP contribution is -2.49. The molecule has 1 fully saturated rings. The number of hydrogen-bond acceptors (Lipinski definition) is 5. The zero-order valence-corrected chi connectivity index (χ0v) is 20.1. The van der Waals surface area contributed by atoms with Gasteiger partial charge in [-0.05, 0) is 43.2 Å². The topological polar surface area (TPSA) is 67.2 Å². The lowest BCUT2D eigenvalue weighted by molar-refractivity contribution is -0.131. The highest BCUT2D eigenvalue weighted by Gasteiger charge is 2.26. The largest absolute Gasteiger partial charge is 0.352 e. The van der Waals surface area contributed by atoms with Gasteiger partial charge in [-0.15, -0.1) is 0 Å². The summed E-state index contributed by atoms with van der Waals surface area (Å²) in [6.07, 6.45) is 2.03. The van der Waals surface area contributed by atoms with Gasteiger partial charge in [0.2, 0.25) is 5.91 Å². The Hall–Kier alpha value is -3.81. The van der Waals surface area contributed by atoms with Crippen LogP contribution < -0.4 is 4.90 Å². The van der Waals surface area contributed by atoms with Crippen LogP contribution in [0, 0.1) is 12.7 Å². The summed E-state index contributed by atoms with van der Waals surface area (Å²) >= 11 is 0. The van der Waals surface area contributed by atoms with Crippen LogP contribution in [0.15, 0.2) is 54.6 Å². The number of amides is 1. The highest BCUT2D eigenvalue weighted by Crippen LogP contribution is 2.30. The molecule has 1 saturated heterocycles. The summed E-state index contributed by atoms with van der Waals surface area (Å²) in [7, 11) is 0. The predicted molar refractivity (Wildman–Crippen MR) is 134 cm³/mol. The average Bonchev–Trinajstić information content (AvgIpc) is 3.21. The molecule has 2 aromatic heterocycles. The van der Waals surface area contributed by atoms with E-state index in [2.05, 4.69) is 17.0 Å². The predicted octanol–water partition coefficient (Wildman–Crippen LogP) is 4.30. The van der Waals surface area contributed by atoms with E-state index in [0.717, 1.165) is 34.6 Å². The molecular formula is C27H29FN6O. The maximum Gasteiger partial charge on any atom is 0.222 e. The monoisotopic (exact) mass is 472 g/mol. The second kappa shape index (κ2) is 9.82. The van der Waals surface area contributed by atoms with Gasteiger partial charge in [0.1, 0.15) is 17.5 Å². The van der Waals surface area contributed by atoms with Gasteiger partial charge in [0.25, 0.3) is 0 Å². The van der Waals surface area contributed by atoms with Crippen LogP contribution in [0.1, 0.15) is 36.8 Å². The Morgan fingerprint density at radius 3 is 2.37 bits per heavy atom. The van der Waals surface area contributed by atoms with Crippen molar-refractivity contribution in [3.63, 3.8) is 0 Å². The molecule has 0 saturated carbocycles. The lowest BCUT2D eigenvalue weighted by Gasteiger charge is -2.35. The van der Waals surface area contributed by atoms with E-state index >= 15 is 0 Å². The summed E-state index contributed by atoms with van der Waals surface area (Å²) in [6.45, 7) is 6.72. The standard InChI is InChI=1S/C27H29FN6O/c1-3-7-24(35)32-14-16-33(17-15-32)26-25-19(2)31-34(22-12-10-21(28)11-13-22)27(25)30-23(29-26)18-20-8-5-4-6-9-20/h4-6,8-13H,3,7,14-18H2,1-2H3. The number of aromatic nitrogens is 4. The number of aryl methyl sites for hydroxylation is 1. The van der Waals surface area contributed by atoms with Gasteiger partial charge >= 0.3 is 0 Å². The van der Waals surface area contributed by atoms with Crippen LogP contribution in [-0.2, 0) is 11.2 Å². The van der Waals surface area contributed by atoms with E-state index in [0.29, 0.717) is 50.5 Å². The Balaban J connectivity index is 1.56. The van der Waals surface area contributed by atoms with E-state index in [-0.39, 0.29) is 11.7 Å². The van der Waals surface area contributed by atoms with Crippen LogP contribution in [0.25, 0.3) is 16.7 Å². The number of piperazine rings is 1. The Kier molecular flexibility index (Phi) is 6.44. The third-order valence-electron chi connectivity index (χ3n) is 6.40. The van der Waals surface area contributed by atoms with Crippen LogP contribution in [-0.4, -0.2) is 56.7 Å². The summed E-state index contributed by atoms with van der Waals surface area (Å²) in [5, 5.41) is 5.65. The molecule has 7 nitrogen and oxygen atoms in total. The minimum Gasteiger partial charge on any atom is -0.352 e. The van der Waals surface area contributed by atoms with Crippen LogP contribution in [0.3, 0.4) is 0 Å². The molecule has 8 heteroatoms. The molecule has 0 spiro atoms. The Morgan fingerprint density at radius 2 is 1.69 bits per heavy atom. The average molecular weight is 473 g/mol. The first-order valence-corrected chi connectivity index (χ1v) is 12.1. The van der Waals surface area contributed by atoms with Gasteiger partial charge in [-0.25, -0.2) is 19.0 Å². The fraction of sp³-hybridized carbons (Fsp3) is 0.333. The maximum absolute atomic E-state index is 13.6. The first kappa shape index (κ1) is 23.0. The van der Waals surface area contributed by atoms with Crippen LogP contribution in [0.4, 0.5) is 10.2 Å². The van der Waals surface area contributed by atoms with Crippen molar-refractivity contribution >= 4 is 22.8 Å². The number of carbonyl (C=O) groups excluding carboxylic acids is 1. The number of halogens is 1. The minimum atomic E-state index is -0.294. The molecule has 0 atom stereocenters. The van der Waals surface area contributed by atoms with E-state index in [4.69, 9.17) is 15.1 Å². The molecular weight excluding hydrogens is 443 g/mol. The molecule has 1 aliphatic heterocycles. The highest BCUT2D eigenvalue weighted by molar-refractivity contribution is 5.91. The van der Waals surface area contributed by atoms with E-state index < -0.39 is 0 Å². The quantitative estimate of drug-likeness (QED) is 0.419. The van der Waals surface area contributed by atoms with Crippen molar-refractivity contribution in [2.24, 2.45) is 0 Å². The lowest BCUT2D eigenvalue weighted by atomic mass is 10.1. The summed E-state index contributed by atoms with van der Waals surface area (Å²) in [5.74, 6) is 1.46. The number of benzene rings is 2. The molecule has 0 bridgehead atoms. The van der Waals surface area contributed by atoms with Gasteiger partial charge in [-0.1, -0.05) is 37.3 Å². The summed E-state index contributed by atoms with van der Waals surface area (Å²) in [4.78, 5) is 26.5. The fourth-order valence-electron chi connectivity index (χ4n) is 4.59. The maximum atomic E-state index is 13.6. The zero-order valence-electron chi connectivity index (χ0n) is 20.1. The number of carbonyl (C=O) groups is 1. The van der Waals surface area contributed by atoms with E-state index in [1.54, 1.807) is 16.8 Å². The normalized spacial score (nSPS) is 14.0. The van der Waals surface area contributed by atoms with Crippen LogP contribution in [0.5, 0.6) is 0 Å². The number of hydrogen-bond donors (Lipinski definition) is 0. The molecule has 3 heterocycles. The molecule has 5 rings (SSSR count). The Morgan fingerprint density at radius 1 is 0.971 bits per heavy atom. The SMILES string of the molecule is CCCC(=O)N1CCN(c2nc(Cc3ccccc3)nc3c2c(C)nn3-c2ccc(F)cc2)CC1. The zero-order chi connectivity index (χ0) is 24.4. The second-order valence-corrected chi connectivity index (χ2v) is 8.92. The van der Waals surface area contributed by atoms with Gasteiger partial charge in [-0.2, -0.15) is 5.10 Å². The molecule has 1 amide bonds. The van der Waals surface area contributed by atoms with Crippen molar-refractivity contribution in [1.82, 2.24) is 24.6 Å². The fourth-order valence-corrected chi connectivity index (χ4v) is 4.59. The summed E-state index contributed by atoms with van der Waals surface area (Å²) in [5.41, 5.74) is 3.39. The molecule has 4 aromatic rings. The van der Waals surface area contributed by atoms with Gasteiger partial charge < -0.3 is 9.80 Å². The van der Waals surface area contributed by atoms with Crippen molar-refractivity contribution in [3.8, 4) is 5.69 Å². The van der Waals surface area contributed by atoms with Crippen LogP contribution in [0.2, 0.25) is 0 Å². The van der Waals surface area contributed by atoms with E-state index in [9.17, 15) is 9.18 Å². The first-order valence-electron chi connectivity index (χ1n) is 12.1. The summed E-state index contributed by atoms with van der Waals surface area (Å²) < 4.78 is 15.4. The Labute approximate surface area is 204 Å². The van der Waals surface area contributed by atoms with Gasteiger partial charge in [0.15, 0.2) is 5.65 Å². The molecule has 2 aromatic carbocycles. The minimum absolute atomic E-state index is 0.213. The summed E-state index contributed by atoms with van der Waals surface area (Å²) in [6, 6.07) is 16.4.